The zero-order valence-electron chi connectivity index (χ0n) is 10.1. The van der Waals surface area contributed by atoms with Gasteiger partial charge in [0.05, 0.1) is 0 Å². The Morgan fingerprint density at radius 3 is 2.59 bits per heavy atom. The highest BCUT2D eigenvalue weighted by Gasteiger charge is 2.43. The summed E-state index contributed by atoms with van der Waals surface area (Å²) >= 11 is 0. The third-order valence-electron chi connectivity index (χ3n) is 3.82. The van der Waals surface area contributed by atoms with E-state index in [0.717, 1.165) is 31.4 Å². The Labute approximate surface area is 102 Å². The van der Waals surface area contributed by atoms with Gasteiger partial charge in [0.1, 0.15) is 5.41 Å². The molecule has 0 spiro atoms. The van der Waals surface area contributed by atoms with Crippen molar-refractivity contribution in [2.24, 2.45) is 0 Å². The Morgan fingerprint density at radius 2 is 2.06 bits per heavy atom. The van der Waals surface area contributed by atoms with Gasteiger partial charge in [0.25, 0.3) is 0 Å². The predicted molar refractivity (Wildman–Crippen MR) is 67.1 cm³/mol. The summed E-state index contributed by atoms with van der Waals surface area (Å²) in [6, 6.07) is 9.56. The number of hydrogen-bond donors (Lipinski definition) is 2. The van der Waals surface area contributed by atoms with Crippen molar-refractivity contribution in [2.75, 3.05) is 6.54 Å². The van der Waals surface area contributed by atoms with Crippen LogP contribution in [0.15, 0.2) is 30.3 Å². The molecule has 1 heterocycles. The number of piperidine rings is 1. The number of carboxylic acids is 1. The van der Waals surface area contributed by atoms with Crippen LogP contribution in [0.25, 0.3) is 0 Å². The zero-order chi connectivity index (χ0) is 12.3. The number of aliphatic carboxylic acids is 1. The largest absolute Gasteiger partial charge is 0.481 e. The first-order valence-corrected chi connectivity index (χ1v) is 6.18. The summed E-state index contributed by atoms with van der Waals surface area (Å²) in [7, 11) is 0. The summed E-state index contributed by atoms with van der Waals surface area (Å²) in [6.07, 6.45) is 3.17. The van der Waals surface area contributed by atoms with Gasteiger partial charge in [-0.2, -0.15) is 0 Å². The van der Waals surface area contributed by atoms with Gasteiger partial charge >= 0.3 is 5.97 Å². The average Bonchev–Trinajstić information content (AvgIpc) is 2.39. The molecule has 3 heteroatoms. The summed E-state index contributed by atoms with van der Waals surface area (Å²) < 4.78 is 0. The quantitative estimate of drug-likeness (QED) is 0.841. The molecule has 1 saturated heterocycles. The third-order valence-corrected chi connectivity index (χ3v) is 3.82. The first kappa shape index (κ1) is 12.1. The van der Waals surface area contributed by atoms with Gasteiger partial charge in [-0.1, -0.05) is 36.8 Å². The van der Waals surface area contributed by atoms with Crippen molar-refractivity contribution in [3.8, 4) is 0 Å². The monoisotopic (exact) mass is 233 g/mol. The smallest absolute Gasteiger partial charge is 0.315 e. The van der Waals surface area contributed by atoms with Crippen molar-refractivity contribution in [3.05, 3.63) is 35.9 Å². The molecule has 0 radical (unpaired) electrons. The van der Waals surface area contributed by atoms with Gasteiger partial charge in [0.15, 0.2) is 0 Å². The second kappa shape index (κ2) is 4.88. The second-order valence-electron chi connectivity index (χ2n) is 4.88. The number of benzene rings is 1. The Bertz CT molecular complexity index is 384. The SMILES string of the molecule is CC(C(=O)O)(c1ccccc1)C1CCCCN1. The maximum Gasteiger partial charge on any atom is 0.315 e. The molecule has 1 aromatic rings. The first-order chi connectivity index (χ1) is 8.15. The second-order valence-corrected chi connectivity index (χ2v) is 4.88. The van der Waals surface area contributed by atoms with Crippen LogP contribution in [-0.4, -0.2) is 23.7 Å². The lowest BCUT2D eigenvalue weighted by atomic mass is 9.73. The van der Waals surface area contributed by atoms with Gasteiger partial charge in [0.2, 0.25) is 0 Å². The van der Waals surface area contributed by atoms with E-state index in [0.29, 0.717) is 0 Å². The van der Waals surface area contributed by atoms with Gasteiger partial charge in [0, 0.05) is 6.04 Å². The molecule has 0 aromatic heterocycles. The molecule has 1 aliphatic heterocycles. The van der Waals surface area contributed by atoms with Crippen LogP contribution >= 0.6 is 0 Å². The fourth-order valence-electron chi connectivity index (χ4n) is 2.60. The van der Waals surface area contributed by atoms with Crippen molar-refractivity contribution >= 4 is 5.97 Å². The first-order valence-electron chi connectivity index (χ1n) is 6.18. The summed E-state index contributed by atoms with van der Waals surface area (Å²) in [4.78, 5) is 11.7. The van der Waals surface area contributed by atoms with Gasteiger partial charge in [-0.15, -0.1) is 0 Å². The van der Waals surface area contributed by atoms with Gasteiger partial charge in [-0.3, -0.25) is 4.79 Å². The van der Waals surface area contributed by atoms with Crippen LogP contribution in [-0.2, 0) is 10.2 Å². The predicted octanol–water partition coefficient (Wildman–Crippen LogP) is 2.17. The standard InChI is InChI=1S/C14H19NO2/c1-14(13(16)17,11-7-3-2-4-8-11)12-9-5-6-10-15-12/h2-4,7-8,12,15H,5-6,9-10H2,1H3,(H,16,17). The molecule has 92 valence electrons. The minimum atomic E-state index is -0.832. The molecular weight excluding hydrogens is 214 g/mol. The number of nitrogens with one attached hydrogen (secondary N) is 1. The van der Waals surface area contributed by atoms with E-state index in [2.05, 4.69) is 5.32 Å². The molecule has 1 aliphatic rings. The zero-order valence-corrected chi connectivity index (χ0v) is 10.1. The molecule has 0 aliphatic carbocycles. The van der Waals surface area contributed by atoms with E-state index in [9.17, 15) is 9.90 Å². The van der Waals surface area contributed by atoms with Gasteiger partial charge < -0.3 is 10.4 Å². The van der Waals surface area contributed by atoms with Crippen molar-refractivity contribution in [1.29, 1.82) is 0 Å². The van der Waals surface area contributed by atoms with Gasteiger partial charge in [-0.25, -0.2) is 0 Å². The maximum absolute atomic E-state index is 11.7. The number of carboxylic acid groups (broad SMARTS) is 1. The summed E-state index contributed by atoms with van der Waals surface area (Å²) in [6.45, 7) is 2.74. The van der Waals surface area contributed by atoms with Crippen LogP contribution in [0.4, 0.5) is 0 Å². The summed E-state index contributed by atoms with van der Waals surface area (Å²) in [5.74, 6) is -0.747. The van der Waals surface area contributed by atoms with E-state index in [4.69, 9.17) is 0 Å². The van der Waals surface area contributed by atoms with Crippen molar-refractivity contribution in [1.82, 2.24) is 5.32 Å². The number of carbonyl (C=O) groups is 1. The summed E-state index contributed by atoms with van der Waals surface area (Å²) in [5.41, 5.74) is 0.0497. The Hall–Kier alpha value is -1.35. The molecule has 1 fully saturated rings. The Morgan fingerprint density at radius 1 is 1.35 bits per heavy atom. The molecule has 2 N–H and O–H groups in total. The minimum absolute atomic E-state index is 0.0242. The average molecular weight is 233 g/mol. The molecular formula is C14H19NO2. The highest BCUT2D eigenvalue weighted by Crippen LogP contribution is 2.32. The molecule has 2 unspecified atom stereocenters. The molecule has 0 amide bonds. The topological polar surface area (TPSA) is 49.3 Å². The molecule has 0 saturated carbocycles. The van der Waals surface area contributed by atoms with Gasteiger partial charge in [-0.05, 0) is 31.9 Å². The van der Waals surface area contributed by atoms with Crippen LogP contribution < -0.4 is 5.32 Å². The maximum atomic E-state index is 11.7. The molecule has 0 bridgehead atoms. The fraction of sp³-hybridized carbons (Fsp3) is 0.500. The molecule has 2 rings (SSSR count). The summed E-state index contributed by atoms with van der Waals surface area (Å²) in [5, 5.41) is 13.0. The van der Waals surface area contributed by atoms with Crippen LogP contribution in [0.3, 0.4) is 0 Å². The van der Waals surface area contributed by atoms with Crippen LogP contribution in [0.5, 0.6) is 0 Å². The lowest BCUT2D eigenvalue weighted by Gasteiger charge is -2.37. The van der Waals surface area contributed by atoms with E-state index in [-0.39, 0.29) is 6.04 Å². The van der Waals surface area contributed by atoms with E-state index in [1.807, 2.05) is 37.3 Å². The van der Waals surface area contributed by atoms with Crippen molar-refractivity contribution in [2.45, 2.75) is 37.6 Å². The van der Waals surface area contributed by atoms with Crippen LogP contribution in [0, 0.1) is 0 Å². The molecule has 1 aromatic carbocycles. The highest BCUT2D eigenvalue weighted by molar-refractivity contribution is 5.82. The Balaban J connectivity index is 2.35. The van der Waals surface area contributed by atoms with Crippen LogP contribution in [0.1, 0.15) is 31.7 Å². The van der Waals surface area contributed by atoms with E-state index in [1.54, 1.807) is 0 Å². The van der Waals surface area contributed by atoms with E-state index >= 15 is 0 Å². The van der Waals surface area contributed by atoms with Crippen LogP contribution in [0.2, 0.25) is 0 Å². The molecule has 2 atom stereocenters. The Kier molecular flexibility index (Phi) is 3.48. The number of hydrogen-bond acceptors (Lipinski definition) is 2. The number of rotatable bonds is 3. The van der Waals surface area contributed by atoms with Crippen molar-refractivity contribution in [3.63, 3.8) is 0 Å². The van der Waals surface area contributed by atoms with E-state index < -0.39 is 11.4 Å². The molecule has 17 heavy (non-hydrogen) atoms. The molecule has 3 nitrogen and oxygen atoms in total. The fourth-order valence-corrected chi connectivity index (χ4v) is 2.60. The minimum Gasteiger partial charge on any atom is -0.481 e. The lowest BCUT2D eigenvalue weighted by molar-refractivity contribution is -0.144. The third kappa shape index (κ3) is 2.20. The normalized spacial score (nSPS) is 23.9. The lowest BCUT2D eigenvalue weighted by Crippen LogP contribution is -2.53. The highest BCUT2D eigenvalue weighted by atomic mass is 16.4. The van der Waals surface area contributed by atoms with E-state index in [1.165, 1.54) is 0 Å². The van der Waals surface area contributed by atoms with Crippen molar-refractivity contribution < 1.29 is 9.90 Å².